The lowest BCUT2D eigenvalue weighted by Crippen LogP contribution is -2.05. The maximum absolute atomic E-state index is 13.3. The van der Waals surface area contributed by atoms with E-state index in [4.69, 9.17) is 11.6 Å². The minimum Gasteiger partial charge on any atom is -0.384 e. The van der Waals surface area contributed by atoms with Crippen molar-refractivity contribution in [1.29, 1.82) is 0 Å². The summed E-state index contributed by atoms with van der Waals surface area (Å²) in [4.78, 5) is 0. The molecule has 1 unspecified atom stereocenters. The topological polar surface area (TPSA) is 20.2 Å². The zero-order chi connectivity index (χ0) is 14.2. The van der Waals surface area contributed by atoms with Crippen LogP contribution in [0, 0.1) is 26.6 Å². The molecule has 0 fully saturated rings. The summed E-state index contributed by atoms with van der Waals surface area (Å²) in [7, 11) is 0. The van der Waals surface area contributed by atoms with Crippen LogP contribution in [0.2, 0.25) is 5.02 Å². The lowest BCUT2D eigenvalue weighted by Gasteiger charge is -2.18. The first-order valence-corrected chi connectivity index (χ1v) is 6.48. The fraction of sp³-hybridized carbons (Fsp3) is 0.250. The van der Waals surface area contributed by atoms with Gasteiger partial charge in [0.25, 0.3) is 0 Å². The molecular formula is C16H16ClFO. The summed E-state index contributed by atoms with van der Waals surface area (Å²) in [5, 5.41) is 11.1. The molecule has 1 nitrogen and oxygen atoms in total. The van der Waals surface area contributed by atoms with E-state index in [0.717, 1.165) is 22.3 Å². The molecule has 1 N–H and O–H groups in total. The van der Waals surface area contributed by atoms with Crippen molar-refractivity contribution in [2.24, 2.45) is 0 Å². The summed E-state index contributed by atoms with van der Waals surface area (Å²) < 4.78 is 13.3. The Kier molecular flexibility index (Phi) is 3.93. The van der Waals surface area contributed by atoms with E-state index in [1.54, 1.807) is 19.9 Å². The highest BCUT2D eigenvalue weighted by atomic mass is 35.5. The van der Waals surface area contributed by atoms with Crippen LogP contribution in [0.25, 0.3) is 0 Å². The Labute approximate surface area is 117 Å². The van der Waals surface area contributed by atoms with Crippen molar-refractivity contribution in [3.8, 4) is 0 Å². The number of hydrogen-bond acceptors (Lipinski definition) is 1. The third-order valence-corrected chi connectivity index (χ3v) is 3.75. The molecule has 3 heteroatoms. The van der Waals surface area contributed by atoms with Gasteiger partial charge in [0, 0.05) is 5.02 Å². The Bertz CT molecular complexity index is 599. The number of rotatable bonds is 2. The molecule has 0 aliphatic heterocycles. The molecule has 2 aromatic rings. The van der Waals surface area contributed by atoms with Crippen LogP contribution in [0.1, 0.15) is 33.9 Å². The van der Waals surface area contributed by atoms with Crippen LogP contribution in [0.5, 0.6) is 0 Å². The number of aliphatic hydroxyl groups excluding tert-OH is 1. The predicted octanol–water partition coefficient (Wildman–Crippen LogP) is 4.49. The number of aryl methyl sites for hydroxylation is 3. The Morgan fingerprint density at radius 2 is 1.58 bits per heavy atom. The van der Waals surface area contributed by atoms with Crippen molar-refractivity contribution in [3.63, 3.8) is 0 Å². The summed E-state index contributed by atoms with van der Waals surface area (Å²) in [6, 6.07) is 8.33. The second kappa shape index (κ2) is 5.32. The second-order valence-corrected chi connectivity index (χ2v) is 5.27. The summed E-state index contributed by atoms with van der Waals surface area (Å²) >= 11 is 6.08. The molecule has 0 aromatic heterocycles. The van der Waals surface area contributed by atoms with Crippen molar-refractivity contribution in [2.45, 2.75) is 26.9 Å². The zero-order valence-corrected chi connectivity index (χ0v) is 11.9. The summed E-state index contributed by atoms with van der Waals surface area (Å²) in [5.41, 5.74) is 3.89. The van der Waals surface area contributed by atoms with Crippen molar-refractivity contribution in [1.82, 2.24) is 0 Å². The molecule has 2 rings (SSSR count). The van der Waals surface area contributed by atoms with E-state index in [0.29, 0.717) is 10.6 Å². The van der Waals surface area contributed by atoms with Gasteiger partial charge < -0.3 is 5.11 Å². The van der Waals surface area contributed by atoms with Crippen molar-refractivity contribution in [2.75, 3.05) is 0 Å². The van der Waals surface area contributed by atoms with Gasteiger partial charge in [-0.2, -0.15) is 0 Å². The molecule has 0 saturated carbocycles. The highest BCUT2D eigenvalue weighted by Gasteiger charge is 2.17. The Morgan fingerprint density at radius 3 is 2.11 bits per heavy atom. The van der Waals surface area contributed by atoms with Crippen LogP contribution in [0.4, 0.5) is 4.39 Å². The SMILES string of the molecule is Cc1ccc(C(O)c2c(C)cc(F)cc2C)cc1Cl. The third kappa shape index (κ3) is 2.80. The smallest absolute Gasteiger partial charge is 0.123 e. The van der Waals surface area contributed by atoms with E-state index >= 15 is 0 Å². The molecule has 100 valence electrons. The largest absolute Gasteiger partial charge is 0.384 e. The van der Waals surface area contributed by atoms with Crippen LogP contribution in [-0.4, -0.2) is 5.11 Å². The van der Waals surface area contributed by atoms with Gasteiger partial charge in [0.2, 0.25) is 0 Å². The molecular weight excluding hydrogens is 263 g/mol. The van der Waals surface area contributed by atoms with Crippen molar-refractivity contribution >= 4 is 11.6 Å². The molecule has 0 radical (unpaired) electrons. The molecule has 0 bridgehead atoms. The molecule has 0 heterocycles. The highest BCUT2D eigenvalue weighted by molar-refractivity contribution is 6.31. The van der Waals surface area contributed by atoms with Gasteiger partial charge in [0.1, 0.15) is 11.9 Å². The normalized spacial score (nSPS) is 12.5. The Hall–Kier alpha value is -1.38. The predicted molar refractivity (Wildman–Crippen MR) is 76.1 cm³/mol. The fourth-order valence-corrected chi connectivity index (χ4v) is 2.49. The summed E-state index contributed by atoms with van der Waals surface area (Å²) in [5.74, 6) is -0.284. The standard InChI is InChI=1S/C16H16ClFO/c1-9-4-5-12(8-14(9)17)16(19)15-10(2)6-13(18)7-11(15)3/h4-8,16,19H,1-3H3. The van der Waals surface area contributed by atoms with E-state index in [-0.39, 0.29) is 5.82 Å². The van der Waals surface area contributed by atoms with Gasteiger partial charge in [-0.15, -0.1) is 0 Å². The van der Waals surface area contributed by atoms with Crippen molar-refractivity contribution < 1.29 is 9.50 Å². The number of halogens is 2. The fourth-order valence-electron chi connectivity index (χ4n) is 2.30. The van der Waals surface area contributed by atoms with Gasteiger partial charge in [-0.1, -0.05) is 23.7 Å². The summed E-state index contributed by atoms with van der Waals surface area (Å²) in [6.07, 6.45) is -0.793. The molecule has 0 saturated heterocycles. The number of benzene rings is 2. The molecule has 0 aliphatic carbocycles. The van der Waals surface area contributed by atoms with E-state index in [1.807, 2.05) is 19.1 Å². The van der Waals surface area contributed by atoms with E-state index in [9.17, 15) is 9.50 Å². The van der Waals surface area contributed by atoms with Crippen LogP contribution in [-0.2, 0) is 0 Å². The van der Waals surface area contributed by atoms with Crippen LogP contribution >= 0.6 is 11.6 Å². The van der Waals surface area contributed by atoms with E-state index < -0.39 is 6.10 Å². The lowest BCUT2D eigenvalue weighted by molar-refractivity contribution is 0.218. The third-order valence-electron chi connectivity index (χ3n) is 3.34. The molecule has 0 spiro atoms. The number of hydrogen-bond donors (Lipinski definition) is 1. The Morgan fingerprint density at radius 1 is 1.00 bits per heavy atom. The Balaban J connectivity index is 2.49. The van der Waals surface area contributed by atoms with Crippen LogP contribution < -0.4 is 0 Å². The number of aliphatic hydroxyl groups is 1. The van der Waals surface area contributed by atoms with Crippen molar-refractivity contribution in [3.05, 3.63) is 69.0 Å². The van der Waals surface area contributed by atoms with Crippen LogP contribution in [0.15, 0.2) is 30.3 Å². The van der Waals surface area contributed by atoms with E-state index in [2.05, 4.69) is 0 Å². The highest BCUT2D eigenvalue weighted by Crippen LogP contribution is 2.30. The monoisotopic (exact) mass is 278 g/mol. The molecule has 1 atom stereocenters. The van der Waals surface area contributed by atoms with Gasteiger partial charge >= 0.3 is 0 Å². The maximum atomic E-state index is 13.3. The first kappa shape index (κ1) is 14.0. The second-order valence-electron chi connectivity index (χ2n) is 4.86. The molecule has 0 amide bonds. The van der Waals surface area contributed by atoms with Gasteiger partial charge in [-0.25, -0.2) is 4.39 Å². The average molecular weight is 279 g/mol. The van der Waals surface area contributed by atoms with Crippen LogP contribution in [0.3, 0.4) is 0 Å². The van der Waals surface area contributed by atoms with E-state index in [1.165, 1.54) is 12.1 Å². The molecule has 2 aromatic carbocycles. The minimum absolute atomic E-state index is 0.284. The van der Waals surface area contributed by atoms with Gasteiger partial charge in [-0.3, -0.25) is 0 Å². The molecule has 19 heavy (non-hydrogen) atoms. The molecule has 0 aliphatic rings. The lowest BCUT2D eigenvalue weighted by atomic mass is 9.93. The first-order chi connectivity index (χ1) is 8.90. The first-order valence-electron chi connectivity index (χ1n) is 6.11. The average Bonchev–Trinajstić information content (AvgIpc) is 2.31. The minimum atomic E-state index is -0.793. The van der Waals surface area contributed by atoms with Gasteiger partial charge in [0.05, 0.1) is 0 Å². The quantitative estimate of drug-likeness (QED) is 0.858. The van der Waals surface area contributed by atoms with Gasteiger partial charge in [0.15, 0.2) is 0 Å². The maximum Gasteiger partial charge on any atom is 0.123 e. The van der Waals surface area contributed by atoms with Gasteiger partial charge in [-0.05, 0) is 66.8 Å². The summed E-state index contributed by atoms with van der Waals surface area (Å²) in [6.45, 7) is 5.50. The zero-order valence-electron chi connectivity index (χ0n) is 11.2.